The van der Waals surface area contributed by atoms with Crippen LogP contribution in [0.25, 0.3) is 0 Å². The molecule has 2 heterocycles. The average molecular weight is 341 g/mol. The van der Waals surface area contributed by atoms with Crippen molar-refractivity contribution in [2.24, 2.45) is 0 Å². The van der Waals surface area contributed by atoms with Gasteiger partial charge in [0, 0.05) is 28.9 Å². The van der Waals surface area contributed by atoms with Crippen molar-refractivity contribution in [3.05, 3.63) is 58.1 Å². The van der Waals surface area contributed by atoms with Crippen LogP contribution in [0.1, 0.15) is 32.2 Å². The molecule has 2 amide bonds. The predicted octanol–water partition coefficient (Wildman–Crippen LogP) is 2.85. The lowest BCUT2D eigenvalue weighted by Gasteiger charge is -2.29. The van der Waals surface area contributed by atoms with Gasteiger partial charge in [0.2, 0.25) is 5.91 Å². The lowest BCUT2D eigenvalue weighted by atomic mass is 9.95. The number of aromatic nitrogens is 1. The number of nitrogens with one attached hydrogen (secondary N) is 1. The van der Waals surface area contributed by atoms with Gasteiger partial charge in [-0.05, 0) is 43.5 Å². The summed E-state index contributed by atoms with van der Waals surface area (Å²) < 4.78 is 0. The number of anilines is 1. The summed E-state index contributed by atoms with van der Waals surface area (Å²) in [5.41, 5.74) is 2.36. The number of rotatable bonds is 4. The van der Waals surface area contributed by atoms with E-state index in [-0.39, 0.29) is 11.8 Å². The maximum absolute atomic E-state index is 12.6. The highest BCUT2D eigenvalue weighted by Crippen LogP contribution is 2.30. The van der Waals surface area contributed by atoms with Gasteiger partial charge in [0.05, 0.1) is 6.54 Å². The number of amides is 2. The second-order valence-electron chi connectivity index (χ2n) is 5.65. The van der Waals surface area contributed by atoms with Gasteiger partial charge in [-0.2, -0.15) is 0 Å². The molecule has 0 radical (unpaired) electrons. The molecule has 0 atom stereocenters. The Kier molecular flexibility index (Phi) is 4.76. The second-order valence-corrected chi connectivity index (χ2v) is 6.97. The van der Waals surface area contributed by atoms with Crippen LogP contribution in [0.2, 0.25) is 0 Å². The molecule has 5 nitrogen and oxygen atoms in total. The van der Waals surface area contributed by atoms with E-state index in [2.05, 4.69) is 16.9 Å². The number of thiazole rings is 1. The zero-order valence-corrected chi connectivity index (χ0v) is 14.4. The fraction of sp³-hybridized carbons (Fsp3) is 0.278. The van der Waals surface area contributed by atoms with Gasteiger partial charge in [-0.15, -0.1) is 11.3 Å². The third kappa shape index (κ3) is 3.23. The molecule has 0 aliphatic carbocycles. The monoisotopic (exact) mass is 341 g/mol. The molecule has 0 saturated heterocycles. The van der Waals surface area contributed by atoms with Crippen molar-refractivity contribution in [1.82, 2.24) is 10.3 Å². The molecule has 0 saturated carbocycles. The van der Waals surface area contributed by atoms with Crippen molar-refractivity contribution in [2.75, 3.05) is 11.4 Å². The molecule has 3 rings (SSSR count). The number of hydrogen-bond donors (Lipinski definition) is 1. The van der Waals surface area contributed by atoms with E-state index in [1.165, 1.54) is 6.08 Å². The number of benzene rings is 1. The Morgan fingerprint density at radius 1 is 1.46 bits per heavy atom. The van der Waals surface area contributed by atoms with Gasteiger partial charge in [-0.1, -0.05) is 12.6 Å². The smallest absolute Gasteiger partial charge is 0.251 e. The summed E-state index contributed by atoms with van der Waals surface area (Å²) in [5, 5.41) is 3.81. The molecule has 1 aromatic carbocycles. The Morgan fingerprint density at radius 3 is 3.00 bits per heavy atom. The largest absolute Gasteiger partial charge is 0.346 e. The Balaban J connectivity index is 1.82. The Bertz CT molecular complexity index is 797. The van der Waals surface area contributed by atoms with Crippen molar-refractivity contribution < 1.29 is 9.59 Å². The first-order chi connectivity index (χ1) is 11.6. The van der Waals surface area contributed by atoms with Crippen LogP contribution in [0.3, 0.4) is 0 Å². The Morgan fingerprint density at radius 2 is 2.29 bits per heavy atom. The fourth-order valence-electron chi connectivity index (χ4n) is 2.91. The topological polar surface area (TPSA) is 62.3 Å². The van der Waals surface area contributed by atoms with Crippen LogP contribution in [0.15, 0.2) is 37.1 Å². The van der Waals surface area contributed by atoms with Gasteiger partial charge in [0.25, 0.3) is 5.91 Å². The first-order valence-corrected chi connectivity index (χ1v) is 8.67. The van der Waals surface area contributed by atoms with Crippen molar-refractivity contribution >= 4 is 28.8 Å². The third-order valence-corrected chi connectivity index (χ3v) is 4.92. The molecule has 6 heteroatoms. The van der Waals surface area contributed by atoms with E-state index in [1.54, 1.807) is 22.4 Å². The normalized spacial score (nSPS) is 13.3. The Hall–Kier alpha value is -2.47. The SMILES string of the molecule is C=CC(=O)N1CCCc2c(C(=O)NCc3ncc(C)s3)cccc21. The summed E-state index contributed by atoms with van der Waals surface area (Å²) in [4.78, 5) is 31.7. The average Bonchev–Trinajstić information content (AvgIpc) is 3.03. The molecule has 1 aliphatic heterocycles. The summed E-state index contributed by atoms with van der Waals surface area (Å²) >= 11 is 1.57. The van der Waals surface area contributed by atoms with E-state index in [0.717, 1.165) is 34.0 Å². The first-order valence-electron chi connectivity index (χ1n) is 7.85. The van der Waals surface area contributed by atoms with Crippen molar-refractivity contribution in [2.45, 2.75) is 26.3 Å². The second kappa shape index (κ2) is 6.97. The van der Waals surface area contributed by atoms with Crippen LogP contribution < -0.4 is 10.2 Å². The summed E-state index contributed by atoms with van der Waals surface area (Å²) in [6.45, 7) is 6.61. The lowest BCUT2D eigenvalue weighted by Crippen LogP contribution is -2.35. The molecule has 0 bridgehead atoms. The maximum Gasteiger partial charge on any atom is 0.251 e. The molecule has 124 valence electrons. The van der Waals surface area contributed by atoms with Crippen molar-refractivity contribution in [3.8, 4) is 0 Å². The van der Waals surface area contributed by atoms with Gasteiger partial charge in [0.1, 0.15) is 5.01 Å². The van der Waals surface area contributed by atoms with Gasteiger partial charge in [0.15, 0.2) is 0 Å². The minimum Gasteiger partial charge on any atom is -0.346 e. The van der Waals surface area contributed by atoms with Crippen LogP contribution in [-0.2, 0) is 17.8 Å². The minimum atomic E-state index is -0.133. The first kappa shape index (κ1) is 16.4. The molecule has 0 unspecified atom stereocenters. The Labute approximate surface area is 145 Å². The van der Waals surface area contributed by atoms with Crippen LogP contribution in [0.5, 0.6) is 0 Å². The summed E-state index contributed by atoms with van der Waals surface area (Å²) in [5.74, 6) is -0.264. The van der Waals surface area contributed by atoms with Gasteiger partial charge in [-0.3, -0.25) is 9.59 Å². The summed E-state index contributed by atoms with van der Waals surface area (Å²) in [6, 6.07) is 5.51. The number of fused-ring (bicyclic) bond motifs is 1. The van der Waals surface area contributed by atoms with Gasteiger partial charge < -0.3 is 10.2 Å². The molecule has 0 fully saturated rings. The van der Waals surface area contributed by atoms with E-state index in [0.29, 0.717) is 18.7 Å². The third-order valence-electron chi connectivity index (χ3n) is 4.01. The van der Waals surface area contributed by atoms with Crippen LogP contribution >= 0.6 is 11.3 Å². The highest BCUT2D eigenvalue weighted by atomic mass is 32.1. The number of carbonyl (C=O) groups is 2. The van der Waals surface area contributed by atoms with Crippen LogP contribution in [0.4, 0.5) is 5.69 Å². The van der Waals surface area contributed by atoms with Gasteiger partial charge >= 0.3 is 0 Å². The molecule has 1 N–H and O–H groups in total. The molecule has 24 heavy (non-hydrogen) atoms. The molecule has 1 aliphatic rings. The molecular weight excluding hydrogens is 322 g/mol. The standard InChI is InChI=1S/C18H19N3O2S/c1-3-17(22)21-9-5-7-13-14(6-4-8-15(13)21)18(23)20-11-16-19-10-12(2)24-16/h3-4,6,8,10H,1,5,7,9,11H2,2H3,(H,20,23). The molecule has 0 spiro atoms. The van der Waals surface area contributed by atoms with Gasteiger partial charge in [-0.25, -0.2) is 4.98 Å². The zero-order chi connectivity index (χ0) is 17.1. The molecular formula is C18H19N3O2S. The summed E-state index contributed by atoms with van der Waals surface area (Å²) in [6.07, 6.45) is 4.74. The zero-order valence-electron chi connectivity index (χ0n) is 13.5. The van der Waals surface area contributed by atoms with E-state index >= 15 is 0 Å². The number of hydrogen-bond acceptors (Lipinski definition) is 4. The van der Waals surface area contributed by atoms with E-state index in [9.17, 15) is 9.59 Å². The fourth-order valence-corrected chi connectivity index (χ4v) is 3.64. The maximum atomic E-state index is 12.6. The molecule has 2 aromatic rings. The number of carbonyl (C=O) groups excluding carboxylic acids is 2. The lowest BCUT2D eigenvalue weighted by molar-refractivity contribution is -0.114. The van der Waals surface area contributed by atoms with E-state index in [4.69, 9.17) is 0 Å². The van der Waals surface area contributed by atoms with E-state index < -0.39 is 0 Å². The highest BCUT2D eigenvalue weighted by molar-refractivity contribution is 7.11. The van der Waals surface area contributed by atoms with Crippen LogP contribution in [-0.4, -0.2) is 23.3 Å². The van der Waals surface area contributed by atoms with Crippen LogP contribution in [0, 0.1) is 6.92 Å². The summed E-state index contributed by atoms with van der Waals surface area (Å²) in [7, 11) is 0. The van der Waals surface area contributed by atoms with E-state index in [1.807, 2.05) is 25.1 Å². The van der Waals surface area contributed by atoms with Crippen molar-refractivity contribution in [3.63, 3.8) is 0 Å². The highest BCUT2D eigenvalue weighted by Gasteiger charge is 2.24. The predicted molar refractivity (Wildman–Crippen MR) is 95.3 cm³/mol. The quantitative estimate of drug-likeness (QED) is 0.870. The number of nitrogens with zero attached hydrogens (tertiary/aromatic N) is 2. The molecule has 1 aromatic heterocycles. The minimum absolute atomic E-state index is 0.132. The number of aryl methyl sites for hydroxylation is 1. The van der Waals surface area contributed by atoms with Crippen molar-refractivity contribution in [1.29, 1.82) is 0 Å².